The van der Waals surface area contributed by atoms with Crippen molar-refractivity contribution in [1.29, 1.82) is 0 Å². The number of rotatable bonds is 3. The lowest BCUT2D eigenvalue weighted by molar-refractivity contribution is 0.169. The summed E-state index contributed by atoms with van der Waals surface area (Å²) in [6, 6.07) is 4.94. The summed E-state index contributed by atoms with van der Waals surface area (Å²) in [5.41, 5.74) is 1.46. The minimum Gasteiger partial charge on any atom is -0.207 e. The van der Waals surface area contributed by atoms with Crippen molar-refractivity contribution in [3.05, 3.63) is 34.1 Å². The molecule has 0 nitrogen and oxygen atoms in total. The van der Waals surface area contributed by atoms with E-state index in [9.17, 15) is 4.39 Å². The van der Waals surface area contributed by atoms with E-state index in [0.717, 1.165) is 21.8 Å². The van der Waals surface area contributed by atoms with E-state index in [-0.39, 0.29) is 5.82 Å². The van der Waals surface area contributed by atoms with E-state index in [0.29, 0.717) is 5.41 Å². The molecule has 0 atom stereocenters. The number of halogens is 3. The first kappa shape index (κ1) is 11.6. The van der Waals surface area contributed by atoms with Crippen LogP contribution in [-0.4, -0.2) is 5.33 Å². The van der Waals surface area contributed by atoms with Crippen molar-refractivity contribution in [2.45, 2.75) is 25.7 Å². The molecule has 1 saturated carbocycles. The van der Waals surface area contributed by atoms with E-state index in [1.807, 2.05) is 0 Å². The van der Waals surface area contributed by atoms with Gasteiger partial charge in [0.2, 0.25) is 0 Å². The topological polar surface area (TPSA) is 0 Å². The molecule has 1 aromatic rings. The maximum absolute atomic E-state index is 13.1. The van der Waals surface area contributed by atoms with Gasteiger partial charge in [-0.3, -0.25) is 0 Å². The van der Waals surface area contributed by atoms with Crippen molar-refractivity contribution in [1.82, 2.24) is 0 Å². The second-order valence-corrected chi connectivity index (χ2v) is 5.81. The van der Waals surface area contributed by atoms with Crippen LogP contribution in [0.1, 0.15) is 24.8 Å². The first-order valence-corrected chi connectivity index (χ1v) is 7.07. The predicted octanol–water partition coefficient (Wildman–Crippen LogP) is 4.70. The van der Waals surface area contributed by atoms with E-state index in [1.165, 1.54) is 25.3 Å². The van der Waals surface area contributed by atoms with Crippen molar-refractivity contribution in [3.63, 3.8) is 0 Å². The van der Waals surface area contributed by atoms with Crippen LogP contribution in [0.2, 0.25) is 0 Å². The van der Waals surface area contributed by atoms with Gasteiger partial charge < -0.3 is 0 Å². The normalized spacial score (nSPS) is 18.6. The molecule has 1 aliphatic rings. The van der Waals surface area contributed by atoms with Crippen LogP contribution in [0, 0.1) is 11.2 Å². The molecule has 0 bridgehead atoms. The van der Waals surface area contributed by atoms with Gasteiger partial charge in [-0.15, -0.1) is 0 Å². The SMILES string of the molecule is Fc1ccc(Br)c(CC2(CBr)CCC2)c1. The van der Waals surface area contributed by atoms with Crippen LogP contribution in [0.15, 0.2) is 22.7 Å². The summed E-state index contributed by atoms with van der Waals surface area (Å²) in [5, 5.41) is 1.02. The largest absolute Gasteiger partial charge is 0.207 e. The zero-order chi connectivity index (χ0) is 10.9. The number of benzene rings is 1. The predicted molar refractivity (Wildman–Crippen MR) is 67.9 cm³/mol. The van der Waals surface area contributed by atoms with Crippen LogP contribution in [-0.2, 0) is 6.42 Å². The van der Waals surface area contributed by atoms with Crippen LogP contribution in [0.3, 0.4) is 0 Å². The van der Waals surface area contributed by atoms with E-state index >= 15 is 0 Å². The van der Waals surface area contributed by atoms with Crippen molar-refractivity contribution in [2.75, 3.05) is 5.33 Å². The maximum atomic E-state index is 13.1. The van der Waals surface area contributed by atoms with Crippen molar-refractivity contribution < 1.29 is 4.39 Å². The van der Waals surface area contributed by atoms with Gasteiger partial charge in [0, 0.05) is 9.80 Å². The fraction of sp³-hybridized carbons (Fsp3) is 0.500. The van der Waals surface area contributed by atoms with Gasteiger partial charge in [0.15, 0.2) is 0 Å². The van der Waals surface area contributed by atoms with E-state index < -0.39 is 0 Å². The molecule has 3 heteroatoms. The third-order valence-corrected chi connectivity index (χ3v) is 5.23. The van der Waals surface area contributed by atoms with E-state index in [4.69, 9.17) is 0 Å². The lowest BCUT2D eigenvalue weighted by atomic mass is 9.67. The summed E-state index contributed by atoms with van der Waals surface area (Å²) >= 11 is 7.06. The molecule has 1 aliphatic carbocycles. The second-order valence-electron chi connectivity index (χ2n) is 4.40. The van der Waals surface area contributed by atoms with Gasteiger partial charge in [0.05, 0.1) is 0 Å². The Labute approximate surface area is 107 Å². The minimum absolute atomic E-state index is 0.141. The van der Waals surface area contributed by atoms with Gasteiger partial charge in [-0.05, 0) is 48.4 Å². The zero-order valence-electron chi connectivity index (χ0n) is 8.40. The molecule has 0 amide bonds. The Balaban J connectivity index is 2.19. The lowest BCUT2D eigenvalue weighted by Gasteiger charge is -2.41. The van der Waals surface area contributed by atoms with Crippen LogP contribution < -0.4 is 0 Å². The quantitative estimate of drug-likeness (QED) is 0.702. The number of alkyl halides is 1. The maximum Gasteiger partial charge on any atom is 0.123 e. The fourth-order valence-corrected chi connectivity index (χ4v) is 3.26. The summed E-state index contributed by atoms with van der Waals surface area (Å²) in [6.07, 6.45) is 4.78. The highest BCUT2D eigenvalue weighted by atomic mass is 79.9. The molecule has 2 rings (SSSR count). The van der Waals surface area contributed by atoms with Crippen LogP contribution in [0.5, 0.6) is 0 Å². The number of hydrogen-bond donors (Lipinski definition) is 0. The fourth-order valence-electron chi connectivity index (χ4n) is 2.12. The van der Waals surface area contributed by atoms with Crippen LogP contribution >= 0.6 is 31.9 Å². The highest BCUT2D eigenvalue weighted by Gasteiger charge is 2.36. The number of hydrogen-bond acceptors (Lipinski definition) is 0. The van der Waals surface area contributed by atoms with Gasteiger partial charge >= 0.3 is 0 Å². The third-order valence-electron chi connectivity index (χ3n) is 3.27. The van der Waals surface area contributed by atoms with Gasteiger partial charge in [-0.1, -0.05) is 38.3 Å². The average molecular weight is 336 g/mol. The Morgan fingerprint density at radius 1 is 1.33 bits per heavy atom. The molecular weight excluding hydrogens is 323 g/mol. The highest BCUT2D eigenvalue weighted by Crippen LogP contribution is 2.45. The second kappa shape index (κ2) is 4.54. The van der Waals surface area contributed by atoms with Gasteiger partial charge in [0.1, 0.15) is 5.82 Å². The van der Waals surface area contributed by atoms with Gasteiger partial charge in [-0.2, -0.15) is 0 Å². The molecule has 0 spiro atoms. The molecule has 1 aromatic carbocycles. The van der Waals surface area contributed by atoms with Crippen molar-refractivity contribution >= 4 is 31.9 Å². The molecule has 15 heavy (non-hydrogen) atoms. The van der Waals surface area contributed by atoms with Gasteiger partial charge in [0.25, 0.3) is 0 Å². The minimum atomic E-state index is -0.141. The van der Waals surface area contributed by atoms with Crippen LogP contribution in [0.4, 0.5) is 4.39 Å². The summed E-state index contributed by atoms with van der Waals surface area (Å²) in [5.74, 6) is -0.141. The molecule has 0 aromatic heterocycles. The summed E-state index contributed by atoms with van der Waals surface area (Å²) in [7, 11) is 0. The molecule has 0 saturated heterocycles. The average Bonchev–Trinajstić information content (AvgIpc) is 2.17. The first-order chi connectivity index (χ1) is 7.15. The molecule has 1 fully saturated rings. The van der Waals surface area contributed by atoms with Crippen molar-refractivity contribution in [2.24, 2.45) is 5.41 Å². The molecular formula is C12H13Br2F. The summed E-state index contributed by atoms with van der Waals surface area (Å²) in [4.78, 5) is 0. The Morgan fingerprint density at radius 2 is 2.07 bits per heavy atom. The van der Waals surface area contributed by atoms with E-state index in [1.54, 1.807) is 12.1 Å². The third kappa shape index (κ3) is 2.44. The smallest absolute Gasteiger partial charge is 0.123 e. The molecule has 0 N–H and O–H groups in total. The summed E-state index contributed by atoms with van der Waals surface area (Å²) in [6.45, 7) is 0. The molecule has 0 unspecified atom stereocenters. The monoisotopic (exact) mass is 334 g/mol. The first-order valence-electron chi connectivity index (χ1n) is 5.15. The Kier molecular flexibility index (Phi) is 3.51. The molecule has 0 radical (unpaired) electrons. The molecule has 0 heterocycles. The lowest BCUT2D eigenvalue weighted by Crippen LogP contribution is -2.33. The molecule has 82 valence electrons. The van der Waals surface area contributed by atoms with Crippen molar-refractivity contribution in [3.8, 4) is 0 Å². The van der Waals surface area contributed by atoms with Crippen LogP contribution in [0.25, 0.3) is 0 Å². The molecule has 0 aliphatic heterocycles. The summed E-state index contributed by atoms with van der Waals surface area (Å²) < 4.78 is 14.1. The Bertz CT molecular complexity index is 353. The zero-order valence-corrected chi connectivity index (χ0v) is 11.6. The van der Waals surface area contributed by atoms with Gasteiger partial charge in [-0.25, -0.2) is 4.39 Å². The highest BCUT2D eigenvalue weighted by molar-refractivity contribution is 9.10. The Hall–Kier alpha value is 0.110. The Morgan fingerprint density at radius 3 is 2.60 bits per heavy atom. The standard InChI is InChI=1S/C12H13Br2F/c13-8-12(4-1-5-12)7-9-6-10(15)2-3-11(9)14/h2-3,6H,1,4-5,7-8H2. The van der Waals surface area contributed by atoms with E-state index in [2.05, 4.69) is 31.9 Å².